The number of hydrogen-bond donors (Lipinski definition) is 1. The summed E-state index contributed by atoms with van der Waals surface area (Å²) in [6.07, 6.45) is 1.48. The molecule has 30 heavy (non-hydrogen) atoms. The molecule has 7 heteroatoms. The van der Waals surface area contributed by atoms with Crippen LogP contribution in [-0.2, 0) is 16.1 Å². The monoisotopic (exact) mass is 469 g/mol. The highest BCUT2D eigenvalue weighted by molar-refractivity contribution is 9.10. The Balaban J connectivity index is 1.87. The summed E-state index contributed by atoms with van der Waals surface area (Å²) in [6.45, 7) is 1.89. The molecule has 0 radical (unpaired) electrons. The van der Waals surface area contributed by atoms with E-state index in [0.29, 0.717) is 16.9 Å². The molecule has 5 nitrogen and oxygen atoms in total. The number of hydrogen-bond acceptors (Lipinski definition) is 4. The average molecular weight is 470 g/mol. The minimum absolute atomic E-state index is 0.0375. The Hall–Kier alpha value is -3.19. The molecule has 0 bridgehead atoms. The number of carbonyl (C=O) groups is 2. The van der Waals surface area contributed by atoms with Crippen molar-refractivity contribution in [3.8, 4) is 0 Å². The quantitative estimate of drug-likeness (QED) is 0.327. The highest BCUT2D eigenvalue weighted by Crippen LogP contribution is 2.40. The smallest absolute Gasteiger partial charge is 0.296 e. The maximum atomic E-state index is 13.5. The molecule has 2 aromatic carbocycles. The Morgan fingerprint density at radius 1 is 1.17 bits per heavy atom. The van der Waals surface area contributed by atoms with E-state index in [-0.39, 0.29) is 17.9 Å². The molecular weight excluding hydrogens is 453 g/mol. The molecule has 1 atom stereocenters. The highest BCUT2D eigenvalue weighted by atomic mass is 79.9. The number of amides is 1. The normalized spacial score (nSPS) is 18.2. The minimum Gasteiger partial charge on any atom is -0.507 e. The molecule has 1 N–H and O–H groups in total. The maximum Gasteiger partial charge on any atom is 0.296 e. The van der Waals surface area contributed by atoms with Crippen LogP contribution in [-0.4, -0.2) is 21.7 Å². The van der Waals surface area contributed by atoms with Crippen LogP contribution in [0.2, 0.25) is 0 Å². The number of aliphatic hydroxyl groups is 1. The number of nitrogens with zero attached hydrogens (tertiary/aromatic N) is 1. The van der Waals surface area contributed by atoms with Crippen LogP contribution in [0, 0.1) is 12.7 Å². The van der Waals surface area contributed by atoms with Crippen molar-refractivity contribution in [1.82, 2.24) is 4.90 Å². The van der Waals surface area contributed by atoms with E-state index in [2.05, 4.69) is 15.9 Å². The number of furan rings is 1. The van der Waals surface area contributed by atoms with Gasteiger partial charge in [0.1, 0.15) is 17.3 Å². The zero-order valence-corrected chi connectivity index (χ0v) is 17.5. The zero-order valence-electron chi connectivity index (χ0n) is 15.9. The molecule has 3 aromatic rings. The lowest BCUT2D eigenvalue weighted by molar-refractivity contribution is -0.140. The van der Waals surface area contributed by atoms with E-state index >= 15 is 0 Å². The number of aryl methyl sites for hydroxylation is 1. The van der Waals surface area contributed by atoms with Crippen molar-refractivity contribution in [1.29, 1.82) is 0 Å². The Morgan fingerprint density at radius 3 is 2.53 bits per heavy atom. The van der Waals surface area contributed by atoms with Gasteiger partial charge in [0, 0.05) is 10.0 Å². The Bertz CT molecular complexity index is 1150. The molecule has 1 aromatic heterocycles. The van der Waals surface area contributed by atoms with Gasteiger partial charge in [-0.3, -0.25) is 9.59 Å². The molecular formula is C23H17BrFNO4. The van der Waals surface area contributed by atoms with E-state index < -0.39 is 23.5 Å². The zero-order chi connectivity index (χ0) is 21.4. The van der Waals surface area contributed by atoms with Gasteiger partial charge in [-0.1, -0.05) is 34.1 Å². The molecule has 1 aliphatic heterocycles. The van der Waals surface area contributed by atoms with Crippen molar-refractivity contribution in [2.45, 2.75) is 19.5 Å². The molecule has 1 amide bonds. The van der Waals surface area contributed by atoms with Gasteiger partial charge >= 0.3 is 0 Å². The molecule has 2 heterocycles. The summed E-state index contributed by atoms with van der Waals surface area (Å²) in [7, 11) is 0. The topological polar surface area (TPSA) is 70.8 Å². The summed E-state index contributed by atoms with van der Waals surface area (Å²) < 4.78 is 19.7. The fraction of sp³-hybridized carbons (Fsp3) is 0.130. The lowest BCUT2D eigenvalue weighted by Gasteiger charge is -2.24. The predicted molar refractivity (Wildman–Crippen MR) is 112 cm³/mol. The lowest BCUT2D eigenvalue weighted by atomic mass is 9.95. The van der Waals surface area contributed by atoms with E-state index in [1.807, 2.05) is 6.92 Å². The number of halogens is 2. The summed E-state index contributed by atoms with van der Waals surface area (Å²) in [4.78, 5) is 27.1. The van der Waals surface area contributed by atoms with Crippen LogP contribution >= 0.6 is 15.9 Å². The van der Waals surface area contributed by atoms with E-state index in [9.17, 15) is 19.1 Å². The third-order valence-electron chi connectivity index (χ3n) is 5.06. The SMILES string of the molecule is Cc1cc(/C(O)=C2/C(=O)C(=O)N(Cc3ccco3)C2c2ccc(F)cc2)ccc1Br. The van der Waals surface area contributed by atoms with E-state index in [1.165, 1.54) is 35.4 Å². The van der Waals surface area contributed by atoms with Gasteiger partial charge in [0.2, 0.25) is 0 Å². The second-order valence-corrected chi connectivity index (χ2v) is 7.88. The number of Topliss-reactive ketones (excluding diaryl/α,β-unsaturated/α-hetero) is 1. The molecule has 0 saturated carbocycles. The predicted octanol–water partition coefficient (Wildman–Crippen LogP) is 5.11. The molecule has 0 spiro atoms. The molecule has 1 aliphatic rings. The Kier molecular flexibility index (Phi) is 5.30. The Labute approximate surface area is 180 Å². The number of aliphatic hydroxyl groups excluding tert-OH is 1. The first-order valence-electron chi connectivity index (χ1n) is 9.19. The average Bonchev–Trinajstić information content (AvgIpc) is 3.33. The first-order valence-corrected chi connectivity index (χ1v) is 9.99. The van der Waals surface area contributed by atoms with Crippen molar-refractivity contribution in [3.05, 3.63) is 99.2 Å². The van der Waals surface area contributed by atoms with Crippen LogP contribution in [0.15, 0.2) is 75.3 Å². The number of rotatable bonds is 4. The van der Waals surface area contributed by atoms with Crippen molar-refractivity contribution in [3.63, 3.8) is 0 Å². The maximum absolute atomic E-state index is 13.5. The van der Waals surface area contributed by atoms with E-state index in [4.69, 9.17) is 4.42 Å². The van der Waals surface area contributed by atoms with Gasteiger partial charge in [-0.25, -0.2) is 4.39 Å². The van der Waals surface area contributed by atoms with Gasteiger partial charge in [-0.15, -0.1) is 0 Å². The van der Waals surface area contributed by atoms with Crippen molar-refractivity contribution >= 4 is 33.4 Å². The highest BCUT2D eigenvalue weighted by Gasteiger charge is 2.46. The van der Waals surface area contributed by atoms with Crippen LogP contribution in [0.4, 0.5) is 4.39 Å². The number of ketones is 1. The van der Waals surface area contributed by atoms with E-state index in [0.717, 1.165) is 10.0 Å². The van der Waals surface area contributed by atoms with E-state index in [1.54, 1.807) is 30.3 Å². The van der Waals surface area contributed by atoms with Crippen molar-refractivity contribution < 1.29 is 23.5 Å². The number of likely N-dealkylation sites (tertiary alicyclic amines) is 1. The standard InChI is InChI=1S/C23H17BrFNO4/c1-13-11-15(6-9-18(13)24)21(27)19-20(14-4-7-16(25)8-5-14)26(23(29)22(19)28)12-17-3-2-10-30-17/h2-11,20,27H,12H2,1H3/b21-19-. The summed E-state index contributed by atoms with van der Waals surface area (Å²) in [5.74, 6) is -1.78. The van der Waals surface area contributed by atoms with Gasteiger partial charge in [-0.05, 0) is 54.4 Å². The second kappa shape index (κ2) is 7.91. The summed E-state index contributed by atoms with van der Waals surface area (Å²) in [6, 6.07) is 13.2. The van der Waals surface area contributed by atoms with Gasteiger partial charge in [0.25, 0.3) is 11.7 Å². The van der Waals surface area contributed by atoms with Gasteiger partial charge < -0.3 is 14.4 Å². The molecule has 4 rings (SSSR count). The summed E-state index contributed by atoms with van der Waals surface area (Å²) >= 11 is 3.41. The number of carbonyl (C=O) groups excluding carboxylic acids is 2. The van der Waals surface area contributed by atoms with Crippen molar-refractivity contribution in [2.24, 2.45) is 0 Å². The Morgan fingerprint density at radius 2 is 1.90 bits per heavy atom. The second-order valence-electron chi connectivity index (χ2n) is 7.02. The van der Waals surface area contributed by atoms with Crippen molar-refractivity contribution in [2.75, 3.05) is 0 Å². The molecule has 1 fully saturated rings. The summed E-state index contributed by atoms with van der Waals surface area (Å²) in [5, 5.41) is 11.0. The first kappa shape index (κ1) is 20.1. The minimum atomic E-state index is -0.875. The number of benzene rings is 2. The fourth-order valence-electron chi connectivity index (χ4n) is 3.55. The van der Waals surface area contributed by atoms with Crippen LogP contribution in [0.5, 0.6) is 0 Å². The molecule has 1 saturated heterocycles. The van der Waals surface area contributed by atoms with Gasteiger partial charge in [0.05, 0.1) is 24.4 Å². The van der Waals surface area contributed by atoms with Gasteiger partial charge in [0.15, 0.2) is 0 Å². The molecule has 152 valence electrons. The molecule has 0 aliphatic carbocycles. The lowest BCUT2D eigenvalue weighted by Crippen LogP contribution is -2.29. The van der Waals surface area contributed by atoms with Crippen LogP contribution < -0.4 is 0 Å². The van der Waals surface area contributed by atoms with Gasteiger partial charge in [-0.2, -0.15) is 0 Å². The summed E-state index contributed by atoms with van der Waals surface area (Å²) in [5.41, 5.74) is 1.75. The third-order valence-corrected chi connectivity index (χ3v) is 5.95. The van der Waals surface area contributed by atoms with Crippen LogP contribution in [0.3, 0.4) is 0 Å². The van der Waals surface area contributed by atoms with Crippen LogP contribution in [0.1, 0.15) is 28.5 Å². The first-order chi connectivity index (χ1) is 14.4. The van der Waals surface area contributed by atoms with Crippen LogP contribution in [0.25, 0.3) is 5.76 Å². The molecule has 1 unspecified atom stereocenters. The third kappa shape index (κ3) is 3.57. The largest absolute Gasteiger partial charge is 0.507 e. The fourth-order valence-corrected chi connectivity index (χ4v) is 3.80.